The van der Waals surface area contributed by atoms with Crippen molar-refractivity contribution < 1.29 is 4.79 Å². The Morgan fingerprint density at radius 3 is 3.00 bits per heavy atom. The van der Waals surface area contributed by atoms with Crippen LogP contribution in [0, 0.1) is 6.92 Å². The minimum atomic E-state index is -0.291. The van der Waals surface area contributed by atoms with Crippen molar-refractivity contribution in [1.29, 1.82) is 0 Å². The Bertz CT molecular complexity index is 620. The molecule has 2 aromatic heterocycles. The number of hydrogen-bond donors (Lipinski definition) is 2. The molecule has 5 nitrogen and oxygen atoms in total. The number of rotatable bonds is 4. The van der Waals surface area contributed by atoms with Crippen LogP contribution in [0.3, 0.4) is 0 Å². The lowest BCUT2D eigenvalue weighted by Gasteiger charge is -2.14. The quantitative estimate of drug-likeness (QED) is 0.897. The Morgan fingerprint density at radius 1 is 1.47 bits per heavy atom. The van der Waals surface area contributed by atoms with E-state index in [9.17, 15) is 4.79 Å². The molecule has 3 rings (SSSR count). The van der Waals surface area contributed by atoms with E-state index in [1.165, 1.54) is 6.33 Å². The second-order valence-corrected chi connectivity index (χ2v) is 5.85. The van der Waals surface area contributed by atoms with Crippen molar-refractivity contribution in [1.82, 2.24) is 15.3 Å². The normalized spacial score (nSPS) is 16.3. The van der Waals surface area contributed by atoms with Gasteiger partial charge in [0.15, 0.2) is 0 Å². The Balaban J connectivity index is 1.78. The second-order valence-electron chi connectivity index (χ2n) is 4.97. The molecule has 6 heteroatoms. The third-order valence-corrected chi connectivity index (χ3v) is 4.29. The van der Waals surface area contributed by atoms with E-state index in [1.54, 1.807) is 11.3 Å². The Hall–Kier alpha value is -1.69. The minimum Gasteiger partial charge on any atom is -0.357 e. The number of thiophene rings is 1. The van der Waals surface area contributed by atoms with E-state index in [1.807, 2.05) is 13.8 Å². The van der Waals surface area contributed by atoms with Gasteiger partial charge in [0, 0.05) is 6.04 Å². The number of hydrogen-bond acceptors (Lipinski definition) is 5. The molecule has 2 heterocycles. The molecule has 2 aromatic rings. The van der Waals surface area contributed by atoms with Crippen molar-refractivity contribution in [2.75, 3.05) is 5.32 Å². The van der Waals surface area contributed by atoms with Gasteiger partial charge >= 0.3 is 0 Å². The molecular formula is C13H16N4OS. The van der Waals surface area contributed by atoms with Crippen molar-refractivity contribution in [2.45, 2.75) is 38.8 Å². The first kappa shape index (κ1) is 12.3. The van der Waals surface area contributed by atoms with E-state index in [4.69, 9.17) is 0 Å². The van der Waals surface area contributed by atoms with Gasteiger partial charge in [0.25, 0.3) is 0 Å². The molecule has 1 aliphatic rings. The third kappa shape index (κ3) is 2.53. The zero-order valence-corrected chi connectivity index (χ0v) is 11.8. The maximum atomic E-state index is 11.9. The van der Waals surface area contributed by atoms with Crippen LogP contribution in [0.2, 0.25) is 0 Å². The van der Waals surface area contributed by atoms with Gasteiger partial charge in [-0.25, -0.2) is 9.97 Å². The summed E-state index contributed by atoms with van der Waals surface area (Å²) in [6, 6.07) is 0.0901. The third-order valence-electron chi connectivity index (χ3n) is 3.20. The van der Waals surface area contributed by atoms with Gasteiger partial charge in [0.2, 0.25) is 5.91 Å². The van der Waals surface area contributed by atoms with E-state index in [-0.39, 0.29) is 11.9 Å². The summed E-state index contributed by atoms with van der Waals surface area (Å²) in [6.07, 6.45) is 3.73. The molecule has 1 unspecified atom stereocenters. The van der Waals surface area contributed by atoms with Gasteiger partial charge in [-0.2, -0.15) is 0 Å². The van der Waals surface area contributed by atoms with Gasteiger partial charge in [-0.1, -0.05) is 0 Å². The van der Waals surface area contributed by atoms with Crippen LogP contribution in [0.1, 0.15) is 25.3 Å². The van der Waals surface area contributed by atoms with E-state index in [0.29, 0.717) is 6.04 Å². The van der Waals surface area contributed by atoms with Crippen molar-refractivity contribution in [3.05, 3.63) is 17.3 Å². The van der Waals surface area contributed by atoms with E-state index in [2.05, 4.69) is 26.0 Å². The molecule has 1 aliphatic carbocycles. The number of anilines is 1. The van der Waals surface area contributed by atoms with Gasteiger partial charge in [0.05, 0.1) is 10.2 Å². The Labute approximate surface area is 115 Å². The fourth-order valence-corrected chi connectivity index (χ4v) is 2.85. The van der Waals surface area contributed by atoms with Gasteiger partial charge < -0.3 is 10.6 Å². The maximum absolute atomic E-state index is 11.9. The fourth-order valence-electron chi connectivity index (χ4n) is 1.90. The van der Waals surface area contributed by atoms with Gasteiger partial charge in [-0.05, 0) is 37.6 Å². The largest absolute Gasteiger partial charge is 0.357 e. The first-order valence-corrected chi connectivity index (χ1v) is 7.29. The summed E-state index contributed by atoms with van der Waals surface area (Å²) in [5.74, 6) is 0.768. The summed E-state index contributed by atoms with van der Waals surface area (Å²) < 4.78 is 1.01. The highest BCUT2D eigenvalue weighted by Crippen LogP contribution is 2.28. The average Bonchev–Trinajstić information content (AvgIpc) is 3.13. The van der Waals surface area contributed by atoms with Crippen LogP contribution in [0.25, 0.3) is 10.2 Å². The second kappa shape index (κ2) is 4.77. The van der Waals surface area contributed by atoms with Gasteiger partial charge in [-0.3, -0.25) is 4.79 Å². The maximum Gasteiger partial charge on any atom is 0.242 e. The molecule has 0 aromatic carbocycles. The number of carbonyl (C=O) groups is 1. The molecule has 0 bridgehead atoms. The zero-order valence-electron chi connectivity index (χ0n) is 10.9. The molecule has 2 N–H and O–H groups in total. The number of nitrogens with zero attached hydrogens (tertiary/aromatic N) is 2. The minimum absolute atomic E-state index is 0.0301. The number of carbonyl (C=O) groups excluding carboxylic acids is 1. The number of nitrogens with one attached hydrogen (secondary N) is 2. The predicted molar refractivity (Wildman–Crippen MR) is 76.4 cm³/mol. The monoisotopic (exact) mass is 276 g/mol. The molecule has 100 valence electrons. The highest BCUT2D eigenvalue weighted by Gasteiger charge is 2.26. The van der Waals surface area contributed by atoms with Crippen LogP contribution in [0.5, 0.6) is 0 Å². The Kier molecular flexibility index (Phi) is 3.10. The van der Waals surface area contributed by atoms with Crippen LogP contribution in [0.15, 0.2) is 11.7 Å². The number of aryl methyl sites for hydroxylation is 1. The summed E-state index contributed by atoms with van der Waals surface area (Å²) in [7, 11) is 0. The zero-order chi connectivity index (χ0) is 13.4. The smallest absolute Gasteiger partial charge is 0.242 e. The molecule has 0 saturated heterocycles. The van der Waals surface area contributed by atoms with Crippen molar-refractivity contribution in [3.8, 4) is 0 Å². The van der Waals surface area contributed by atoms with E-state index in [0.717, 1.165) is 34.4 Å². The lowest BCUT2D eigenvalue weighted by Crippen LogP contribution is -2.38. The van der Waals surface area contributed by atoms with Crippen molar-refractivity contribution in [3.63, 3.8) is 0 Å². The number of amides is 1. The fraction of sp³-hybridized carbons (Fsp3) is 0.462. The lowest BCUT2D eigenvalue weighted by atomic mass is 10.3. The summed E-state index contributed by atoms with van der Waals surface area (Å²) in [5.41, 5.74) is 2.10. The molecule has 0 spiro atoms. The number of fused-ring (bicyclic) bond motifs is 1. The predicted octanol–water partition coefficient (Wildman–Crippen LogP) is 2.08. The summed E-state index contributed by atoms with van der Waals surface area (Å²) in [5, 5.41) is 8.22. The standard InChI is InChI=1S/C13H16N4OS/c1-7-5-19-11-10(7)14-6-15-12(11)16-8(2)13(18)17-9-3-4-9/h5-6,8-9H,3-4H2,1-2H3,(H,17,18)(H,14,15,16). The first-order chi connectivity index (χ1) is 9.15. The highest BCUT2D eigenvalue weighted by molar-refractivity contribution is 7.18. The molecular weight excluding hydrogens is 260 g/mol. The van der Waals surface area contributed by atoms with Crippen LogP contribution in [0.4, 0.5) is 5.82 Å². The molecule has 19 heavy (non-hydrogen) atoms. The van der Waals surface area contributed by atoms with Gasteiger partial charge in [0.1, 0.15) is 18.2 Å². The van der Waals surface area contributed by atoms with Crippen molar-refractivity contribution in [2.24, 2.45) is 0 Å². The summed E-state index contributed by atoms with van der Waals surface area (Å²) in [4.78, 5) is 20.4. The van der Waals surface area contributed by atoms with Crippen LogP contribution < -0.4 is 10.6 Å². The summed E-state index contributed by atoms with van der Waals surface area (Å²) >= 11 is 1.60. The molecule has 1 saturated carbocycles. The van der Waals surface area contributed by atoms with Gasteiger partial charge in [-0.15, -0.1) is 11.3 Å². The first-order valence-electron chi connectivity index (χ1n) is 6.41. The summed E-state index contributed by atoms with van der Waals surface area (Å²) in [6.45, 7) is 3.88. The highest BCUT2D eigenvalue weighted by atomic mass is 32.1. The molecule has 0 radical (unpaired) electrons. The molecule has 0 aliphatic heterocycles. The molecule has 1 fully saturated rings. The van der Waals surface area contributed by atoms with Crippen LogP contribution in [-0.2, 0) is 4.79 Å². The average molecular weight is 276 g/mol. The van der Waals surface area contributed by atoms with E-state index >= 15 is 0 Å². The van der Waals surface area contributed by atoms with Crippen molar-refractivity contribution >= 4 is 33.3 Å². The molecule has 1 amide bonds. The van der Waals surface area contributed by atoms with E-state index < -0.39 is 0 Å². The topological polar surface area (TPSA) is 66.9 Å². The lowest BCUT2D eigenvalue weighted by molar-refractivity contribution is -0.121. The van der Waals surface area contributed by atoms with Crippen LogP contribution >= 0.6 is 11.3 Å². The number of aromatic nitrogens is 2. The molecule has 1 atom stereocenters. The Morgan fingerprint density at radius 2 is 2.26 bits per heavy atom. The van der Waals surface area contributed by atoms with Crippen LogP contribution in [-0.4, -0.2) is 28.0 Å². The SMILES string of the molecule is Cc1csc2c(NC(C)C(=O)NC3CC3)ncnc12.